The first kappa shape index (κ1) is 11.3. The van der Waals surface area contributed by atoms with E-state index in [2.05, 4.69) is 0 Å². The number of aromatic hydroxyl groups is 1. The van der Waals surface area contributed by atoms with Gasteiger partial charge in [-0.3, -0.25) is 4.79 Å². The molecule has 1 fully saturated rings. The van der Waals surface area contributed by atoms with Gasteiger partial charge in [0.25, 0.3) is 0 Å². The molecule has 86 valence electrons. The van der Waals surface area contributed by atoms with Crippen LogP contribution in [0.25, 0.3) is 0 Å². The van der Waals surface area contributed by atoms with Crippen molar-refractivity contribution in [3.05, 3.63) is 28.8 Å². The van der Waals surface area contributed by atoms with Crippen LogP contribution in [-0.4, -0.2) is 16.2 Å². The lowest BCUT2D eigenvalue weighted by Gasteiger charge is -2.15. The minimum Gasteiger partial charge on any atom is -0.508 e. The molecule has 2 N–H and O–H groups in total. The number of benzene rings is 1. The lowest BCUT2D eigenvalue weighted by Crippen LogP contribution is -2.08. The van der Waals surface area contributed by atoms with E-state index in [0.717, 1.165) is 12.8 Å². The Hall–Kier alpha value is -1.22. The second kappa shape index (κ2) is 4.34. The SMILES string of the molecule is O=C(O)CC(c1ccc(Cl)cc1O)C1CC1. The first-order valence-electron chi connectivity index (χ1n) is 5.28. The predicted octanol–water partition coefficient (Wildman–Crippen LogP) is 3.01. The van der Waals surface area contributed by atoms with E-state index in [1.165, 1.54) is 6.07 Å². The van der Waals surface area contributed by atoms with Crippen molar-refractivity contribution in [1.82, 2.24) is 0 Å². The highest BCUT2D eigenvalue weighted by Gasteiger charge is 2.35. The number of carbonyl (C=O) groups is 1. The molecule has 0 saturated heterocycles. The topological polar surface area (TPSA) is 57.5 Å². The number of hydrogen-bond donors (Lipinski definition) is 2. The van der Waals surface area contributed by atoms with Crippen molar-refractivity contribution >= 4 is 17.6 Å². The number of carboxylic acid groups (broad SMARTS) is 1. The van der Waals surface area contributed by atoms with E-state index >= 15 is 0 Å². The second-order valence-electron chi connectivity index (χ2n) is 4.24. The number of phenols is 1. The fraction of sp³-hybridized carbons (Fsp3) is 0.417. The molecule has 0 amide bonds. The van der Waals surface area contributed by atoms with E-state index in [-0.39, 0.29) is 18.1 Å². The standard InChI is InChI=1S/C12H13ClO3/c13-8-3-4-9(11(14)5-8)10(6-12(15)16)7-1-2-7/h3-5,7,10,14H,1-2,6H2,(H,15,16). The predicted molar refractivity (Wildman–Crippen MR) is 60.8 cm³/mol. The Morgan fingerprint density at radius 3 is 2.69 bits per heavy atom. The molecule has 1 aromatic carbocycles. The molecule has 0 bridgehead atoms. The molecule has 1 saturated carbocycles. The van der Waals surface area contributed by atoms with Crippen molar-refractivity contribution in [2.75, 3.05) is 0 Å². The fourth-order valence-electron chi connectivity index (χ4n) is 2.05. The average molecular weight is 241 g/mol. The van der Waals surface area contributed by atoms with Gasteiger partial charge in [-0.05, 0) is 36.5 Å². The van der Waals surface area contributed by atoms with E-state index < -0.39 is 5.97 Å². The number of phenolic OH excluding ortho intramolecular Hbond substituents is 1. The minimum atomic E-state index is -0.828. The van der Waals surface area contributed by atoms with Gasteiger partial charge in [-0.15, -0.1) is 0 Å². The molecule has 16 heavy (non-hydrogen) atoms. The summed E-state index contributed by atoms with van der Waals surface area (Å²) in [7, 11) is 0. The Bertz CT molecular complexity index is 413. The smallest absolute Gasteiger partial charge is 0.303 e. The normalized spacial score (nSPS) is 17.1. The third kappa shape index (κ3) is 2.47. The van der Waals surface area contributed by atoms with Crippen LogP contribution in [0.3, 0.4) is 0 Å². The molecule has 0 radical (unpaired) electrons. The van der Waals surface area contributed by atoms with E-state index in [4.69, 9.17) is 16.7 Å². The average Bonchev–Trinajstić information content (AvgIpc) is 2.97. The number of hydrogen-bond acceptors (Lipinski definition) is 2. The molecule has 0 heterocycles. The van der Waals surface area contributed by atoms with Crippen LogP contribution in [0.2, 0.25) is 5.02 Å². The zero-order valence-electron chi connectivity index (χ0n) is 8.69. The van der Waals surface area contributed by atoms with Crippen LogP contribution < -0.4 is 0 Å². The number of carboxylic acids is 1. The number of rotatable bonds is 4. The Morgan fingerprint density at radius 2 is 2.19 bits per heavy atom. The van der Waals surface area contributed by atoms with Gasteiger partial charge in [0.05, 0.1) is 6.42 Å². The molecule has 0 spiro atoms. The summed E-state index contributed by atoms with van der Waals surface area (Å²) in [6, 6.07) is 4.88. The van der Waals surface area contributed by atoms with Crippen molar-refractivity contribution in [3.63, 3.8) is 0 Å². The highest BCUT2D eigenvalue weighted by Crippen LogP contribution is 2.47. The maximum Gasteiger partial charge on any atom is 0.303 e. The van der Waals surface area contributed by atoms with E-state index in [9.17, 15) is 9.90 Å². The zero-order valence-corrected chi connectivity index (χ0v) is 9.44. The monoisotopic (exact) mass is 240 g/mol. The van der Waals surface area contributed by atoms with Crippen LogP contribution in [0.5, 0.6) is 5.75 Å². The quantitative estimate of drug-likeness (QED) is 0.851. The highest BCUT2D eigenvalue weighted by molar-refractivity contribution is 6.30. The largest absolute Gasteiger partial charge is 0.508 e. The molecule has 1 aromatic rings. The lowest BCUT2D eigenvalue weighted by molar-refractivity contribution is -0.137. The summed E-state index contributed by atoms with van der Waals surface area (Å²) < 4.78 is 0. The summed E-state index contributed by atoms with van der Waals surface area (Å²) in [6.07, 6.45) is 2.15. The molecular formula is C12H13ClO3. The minimum absolute atomic E-state index is 0.0693. The van der Waals surface area contributed by atoms with Gasteiger partial charge < -0.3 is 10.2 Å². The lowest BCUT2D eigenvalue weighted by atomic mass is 9.90. The van der Waals surface area contributed by atoms with E-state index in [1.807, 2.05) is 0 Å². The fourth-order valence-corrected chi connectivity index (χ4v) is 2.21. The first-order valence-corrected chi connectivity index (χ1v) is 5.66. The van der Waals surface area contributed by atoms with Gasteiger partial charge in [-0.25, -0.2) is 0 Å². The van der Waals surface area contributed by atoms with Crippen LogP contribution in [0, 0.1) is 5.92 Å². The summed E-state index contributed by atoms with van der Waals surface area (Å²) in [5.74, 6) is -0.421. The van der Waals surface area contributed by atoms with E-state index in [0.29, 0.717) is 16.5 Å². The Balaban J connectivity index is 2.27. The van der Waals surface area contributed by atoms with Gasteiger partial charge in [0.15, 0.2) is 0 Å². The molecule has 2 rings (SSSR count). The Kier molecular flexibility index (Phi) is 3.06. The maximum atomic E-state index is 10.8. The second-order valence-corrected chi connectivity index (χ2v) is 4.68. The molecule has 3 nitrogen and oxygen atoms in total. The van der Waals surface area contributed by atoms with Crippen molar-refractivity contribution in [2.45, 2.75) is 25.2 Å². The molecule has 1 aliphatic carbocycles. The van der Waals surface area contributed by atoms with Crippen molar-refractivity contribution in [2.24, 2.45) is 5.92 Å². The Labute approximate surface area is 98.7 Å². The van der Waals surface area contributed by atoms with Gasteiger partial charge in [0, 0.05) is 10.9 Å². The van der Waals surface area contributed by atoms with E-state index in [1.54, 1.807) is 12.1 Å². The molecule has 0 aromatic heterocycles. The van der Waals surface area contributed by atoms with Gasteiger partial charge in [-0.2, -0.15) is 0 Å². The van der Waals surface area contributed by atoms with Crippen LogP contribution in [0.4, 0.5) is 0 Å². The molecule has 1 aliphatic rings. The Morgan fingerprint density at radius 1 is 1.50 bits per heavy atom. The summed E-state index contributed by atoms with van der Waals surface area (Å²) in [5.41, 5.74) is 0.703. The molecule has 0 aliphatic heterocycles. The summed E-state index contributed by atoms with van der Waals surface area (Å²) in [5, 5.41) is 19.1. The van der Waals surface area contributed by atoms with Crippen molar-refractivity contribution in [3.8, 4) is 5.75 Å². The van der Waals surface area contributed by atoms with Crippen LogP contribution in [0.1, 0.15) is 30.7 Å². The van der Waals surface area contributed by atoms with Crippen molar-refractivity contribution < 1.29 is 15.0 Å². The van der Waals surface area contributed by atoms with Crippen LogP contribution >= 0.6 is 11.6 Å². The highest BCUT2D eigenvalue weighted by atomic mass is 35.5. The zero-order chi connectivity index (χ0) is 11.7. The summed E-state index contributed by atoms with van der Waals surface area (Å²) in [4.78, 5) is 10.8. The van der Waals surface area contributed by atoms with Crippen LogP contribution in [0.15, 0.2) is 18.2 Å². The summed E-state index contributed by atoms with van der Waals surface area (Å²) >= 11 is 5.75. The number of halogens is 1. The molecule has 1 unspecified atom stereocenters. The van der Waals surface area contributed by atoms with Gasteiger partial charge in [0.1, 0.15) is 5.75 Å². The summed E-state index contributed by atoms with van der Waals surface area (Å²) in [6.45, 7) is 0. The first-order chi connectivity index (χ1) is 7.58. The third-order valence-electron chi connectivity index (χ3n) is 2.98. The van der Waals surface area contributed by atoms with Gasteiger partial charge in [0.2, 0.25) is 0 Å². The number of aliphatic carboxylic acids is 1. The maximum absolute atomic E-state index is 10.8. The third-order valence-corrected chi connectivity index (χ3v) is 3.21. The van der Waals surface area contributed by atoms with Gasteiger partial charge in [-0.1, -0.05) is 17.7 Å². The molecule has 4 heteroatoms. The van der Waals surface area contributed by atoms with Crippen molar-refractivity contribution in [1.29, 1.82) is 0 Å². The van der Waals surface area contributed by atoms with Crippen LogP contribution in [-0.2, 0) is 4.79 Å². The molecular weight excluding hydrogens is 228 g/mol. The molecule has 1 atom stereocenters. The van der Waals surface area contributed by atoms with Gasteiger partial charge >= 0.3 is 5.97 Å².